The van der Waals surface area contributed by atoms with E-state index in [0.717, 1.165) is 32.7 Å². The van der Waals surface area contributed by atoms with Gasteiger partial charge in [0.25, 0.3) is 0 Å². The van der Waals surface area contributed by atoms with Crippen molar-refractivity contribution in [3.8, 4) is 0 Å². The zero-order valence-electron chi connectivity index (χ0n) is 22.0. The van der Waals surface area contributed by atoms with E-state index >= 15 is 0 Å². The van der Waals surface area contributed by atoms with Crippen LogP contribution in [0.5, 0.6) is 0 Å². The molecular formula is C29H33BrClN3O4S. The van der Waals surface area contributed by atoms with Gasteiger partial charge in [-0.3, -0.25) is 9.59 Å². The standard InChI is InChI=1S/C29H33BrClN3O4S/c1-3-4-18-32-29(36)27(19-22-8-6-5-7-9-22)34(20-23-10-12-24(30)13-11-23)28(35)21-33(2)39(37,38)26-16-14-25(31)15-17-26/h5-17,27H,3-4,18-21H2,1-2H3,(H,32,36)/t27-/m1/s1. The highest BCUT2D eigenvalue weighted by atomic mass is 79.9. The molecule has 0 bridgehead atoms. The molecule has 208 valence electrons. The second kappa shape index (κ2) is 14.6. The van der Waals surface area contributed by atoms with Crippen LogP contribution in [0.1, 0.15) is 30.9 Å². The molecule has 0 saturated heterocycles. The summed E-state index contributed by atoms with van der Waals surface area (Å²) in [5.41, 5.74) is 1.71. The van der Waals surface area contributed by atoms with E-state index in [4.69, 9.17) is 11.6 Å². The molecule has 0 aromatic heterocycles. The van der Waals surface area contributed by atoms with E-state index in [1.807, 2.05) is 61.5 Å². The summed E-state index contributed by atoms with van der Waals surface area (Å²) in [7, 11) is -2.61. The van der Waals surface area contributed by atoms with Crippen molar-refractivity contribution in [2.75, 3.05) is 20.1 Å². The van der Waals surface area contributed by atoms with Crippen LogP contribution in [-0.2, 0) is 32.6 Å². The Morgan fingerprint density at radius 3 is 2.21 bits per heavy atom. The average molecular weight is 635 g/mol. The Labute approximate surface area is 244 Å². The Morgan fingerprint density at radius 1 is 0.949 bits per heavy atom. The summed E-state index contributed by atoms with van der Waals surface area (Å²) in [5, 5.41) is 3.37. The van der Waals surface area contributed by atoms with Gasteiger partial charge in [-0.1, -0.05) is 83.3 Å². The van der Waals surface area contributed by atoms with E-state index in [1.54, 1.807) is 0 Å². The second-order valence-electron chi connectivity index (χ2n) is 9.21. The monoisotopic (exact) mass is 633 g/mol. The van der Waals surface area contributed by atoms with Crippen LogP contribution in [0.25, 0.3) is 0 Å². The fourth-order valence-corrected chi connectivity index (χ4v) is 5.51. The molecule has 0 fully saturated rings. The van der Waals surface area contributed by atoms with E-state index in [-0.39, 0.29) is 23.8 Å². The predicted molar refractivity (Wildman–Crippen MR) is 158 cm³/mol. The maximum Gasteiger partial charge on any atom is 0.243 e. The quantitative estimate of drug-likeness (QED) is 0.259. The third kappa shape index (κ3) is 8.89. The number of hydrogen-bond donors (Lipinski definition) is 1. The molecule has 3 rings (SSSR count). The maximum atomic E-state index is 13.8. The number of benzene rings is 3. The number of hydrogen-bond acceptors (Lipinski definition) is 4. The van der Waals surface area contributed by atoms with Crippen molar-refractivity contribution in [3.05, 3.63) is 99.5 Å². The van der Waals surface area contributed by atoms with E-state index < -0.39 is 28.5 Å². The van der Waals surface area contributed by atoms with Gasteiger partial charge in [0.15, 0.2) is 0 Å². The number of carbonyl (C=O) groups is 2. The SMILES string of the molecule is CCCCNC(=O)[C@@H](Cc1ccccc1)N(Cc1ccc(Br)cc1)C(=O)CN(C)S(=O)(=O)c1ccc(Cl)cc1. The minimum Gasteiger partial charge on any atom is -0.354 e. The molecule has 10 heteroatoms. The number of nitrogens with one attached hydrogen (secondary N) is 1. The van der Waals surface area contributed by atoms with Gasteiger partial charge < -0.3 is 10.2 Å². The van der Waals surface area contributed by atoms with Gasteiger partial charge in [-0.15, -0.1) is 0 Å². The fourth-order valence-electron chi connectivity index (χ4n) is 4.00. The van der Waals surface area contributed by atoms with Crippen molar-refractivity contribution in [2.45, 2.75) is 43.7 Å². The summed E-state index contributed by atoms with van der Waals surface area (Å²) in [6.45, 7) is 2.23. The Balaban J connectivity index is 1.94. The molecule has 0 aliphatic rings. The predicted octanol–water partition coefficient (Wildman–Crippen LogP) is 5.28. The summed E-state index contributed by atoms with van der Waals surface area (Å²) in [5.74, 6) is -0.759. The minimum absolute atomic E-state index is 0.0276. The number of unbranched alkanes of at least 4 members (excludes halogenated alkanes) is 1. The molecular weight excluding hydrogens is 602 g/mol. The highest BCUT2D eigenvalue weighted by Gasteiger charge is 2.33. The first-order valence-corrected chi connectivity index (χ1v) is 15.3. The van der Waals surface area contributed by atoms with Gasteiger partial charge in [-0.05, 0) is 53.9 Å². The van der Waals surface area contributed by atoms with Crippen LogP contribution in [0.15, 0.2) is 88.2 Å². The lowest BCUT2D eigenvalue weighted by Crippen LogP contribution is -2.53. The normalized spacial score (nSPS) is 12.2. The molecule has 39 heavy (non-hydrogen) atoms. The van der Waals surface area contributed by atoms with Crippen molar-refractivity contribution in [1.82, 2.24) is 14.5 Å². The highest BCUT2D eigenvalue weighted by Crippen LogP contribution is 2.20. The van der Waals surface area contributed by atoms with Crippen LogP contribution in [0.3, 0.4) is 0 Å². The summed E-state index contributed by atoms with van der Waals surface area (Å²) in [6.07, 6.45) is 2.01. The van der Waals surface area contributed by atoms with Crippen molar-refractivity contribution in [2.24, 2.45) is 0 Å². The molecule has 0 unspecified atom stereocenters. The molecule has 0 saturated carbocycles. The van der Waals surface area contributed by atoms with Crippen LogP contribution in [-0.4, -0.2) is 55.6 Å². The number of amides is 2. The number of nitrogens with zero attached hydrogens (tertiary/aromatic N) is 2. The summed E-state index contributed by atoms with van der Waals surface area (Å²) >= 11 is 9.35. The van der Waals surface area contributed by atoms with Gasteiger partial charge in [0, 0.05) is 36.1 Å². The number of halogens is 2. The largest absolute Gasteiger partial charge is 0.354 e. The number of rotatable bonds is 13. The maximum absolute atomic E-state index is 13.8. The third-order valence-electron chi connectivity index (χ3n) is 6.25. The lowest BCUT2D eigenvalue weighted by atomic mass is 10.0. The van der Waals surface area contributed by atoms with E-state index in [9.17, 15) is 18.0 Å². The molecule has 1 N–H and O–H groups in total. The molecule has 0 radical (unpaired) electrons. The topological polar surface area (TPSA) is 86.8 Å². The van der Waals surface area contributed by atoms with Crippen molar-refractivity contribution in [3.63, 3.8) is 0 Å². The number of carbonyl (C=O) groups excluding carboxylic acids is 2. The van der Waals surface area contributed by atoms with Crippen LogP contribution < -0.4 is 5.32 Å². The van der Waals surface area contributed by atoms with Crippen LogP contribution in [0.4, 0.5) is 0 Å². The molecule has 3 aromatic rings. The third-order valence-corrected chi connectivity index (χ3v) is 8.84. The van der Waals surface area contributed by atoms with Gasteiger partial charge in [-0.2, -0.15) is 4.31 Å². The first-order valence-electron chi connectivity index (χ1n) is 12.7. The van der Waals surface area contributed by atoms with Crippen molar-refractivity contribution >= 4 is 49.4 Å². The Bertz CT molecular complexity index is 1340. The van der Waals surface area contributed by atoms with Gasteiger partial charge in [0.05, 0.1) is 11.4 Å². The molecule has 1 atom stereocenters. The molecule has 7 nitrogen and oxygen atoms in total. The summed E-state index contributed by atoms with van der Waals surface area (Å²) < 4.78 is 28.3. The first kappa shape index (κ1) is 30.8. The number of sulfonamides is 1. The van der Waals surface area contributed by atoms with Crippen LogP contribution >= 0.6 is 27.5 Å². The zero-order chi connectivity index (χ0) is 28.4. The lowest BCUT2D eigenvalue weighted by molar-refractivity contribution is -0.141. The smallest absolute Gasteiger partial charge is 0.243 e. The Hall–Kier alpha value is -2.72. The number of likely N-dealkylation sites (N-methyl/N-ethyl adjacent to an activating group) is 1. The van der Waals surface area contributed by atoms with E-state index in [2.05, 4.69) is 21.2 Å². The fraction of sp³-hybridized carbons (Fsp3) is 0.310. The van der Waals surface area contributed by atoms with E-state index in [0.29, 0.717) is 11.6 Å². The van der Waals surface area contributed by atoms with Crippen molar-refractivity contribution < 1.29 is 18.0 Å². The molecule has 0 spiro atoms. The molecule has 2 amide bonds. The van der Waals surface area contributed by atoms with Gasteiger partial charge in [0.1, 0.15) is 6.04 Å². The lowest BCUT2D eigenvalue weighted by Gasteiger charge is -2.32. The first-order chi connectivity index (χ1) is 18.6. The van der Waals surface area contributed by atoms with Crippen LogP contribution in [0, 0.1) is 0 Å². The van der Waals surface area contributed by atoms with Crippen LogP contribution in [0.2, 0.25) is 5.02 Å². The van der Waals surface area contributed by atoms with Gasteiger partial charge in [0.2, 0.25) is 21.8 Å². The Morgan fingerprint density at radius 2 is 1.59 bits per heavy atom. The molecule has 3 aromatic carbocycles. The average Bonchev–Trinajstić information content (AvgIpc) is 2.92. The minimum atomic E-state index is -3.96. The molecule has 0 aliphatic heterocycles. The summed E-state index contributed by atoms with van der Waals surface area (Å²) in [6, 6.07) is 21.9. The zero-order valence-corrected chi connectivity index (χ0v) is 25.2. The molecule has 0 aliphatic carbocycles. The second-order valence-corrected chi connectivity index (χ2v) is 12.6. The molecule has 0 heterocycles. The highest BCUT2D eigenvalue weighted by molar-refractivity contribution is 9.10. The van der Waals surface area contributed by atoms with Gasteiger partial charge >= 0.3 is 0 Å². The summed E-state index contributed by atoms with van der Waals surface area (Å²) in [4.78, 5) is 28.8. The Kier molecular flexibility index (Phi) is 11.5. The van der Waals surface area contributed by atoms with E-state index in [1.165, 1.54) is 36.2 Å². The van der Waals surface area contributed by atoms with Crippen molar-refractivity contribution in [1.29, 1.82) is 0 Å². The van der Waals surface area contributed by atoms with Gasteiger partial charge in [-0.25, -0.2) is 8.42 Å².